The molecular weight excluding hydrogens is 507 g/mol. The van der Waals surface area contributed by atoms with Crippen LogP contribution < -0.4 is 15.6 Å². The van der Waals surface area contributed by atoms with Crippen molar-refractivity contribution in [1.82, 2.24) is 24.6 Å². The van der Waals surface area contributed by atoms with Crippen LogP contribution >= 0.6 is 7.52 Å². The van der Waals surface area contributed by atoms with E-state index in [0.717, 1.165) is 0 Å². The minimum Gasteiger partial charge on any atom is -0.479 e. The summed E-state index contributed by atoms with van der Waals surface area (Å²) in [7, 11) is -2.15. The second-order valence-electron chi connectivity index (χ2n) is 10.1. The highest BCUT2D eigenvalue weighted by atomic mass is 31.2. The fourth-order valence-electron chi connectivity index (χ4n) is 4.12. The molecule has 208 valence electrons. The molecule has 1 saturated heterocycles. The molecule has 0 bridgehead atoms. The zero-order chi connectivity index (χ0) is 27.7. The number of hydrogen-bond acceptors (Lipinski definition) is 12. The van der Waals surface area contributed by atoms with Crippen LogP contribution in [0.5, 0.6) is 5.88 Å². The summed E-state index contributed by atoms with van der Waals surface area (Å²) in [5.74, 6) is -0.342. The van der Waals surface area contributed by atoms with Crippen LogP contribution in [0.15, 0.2) is 6.33 Å². The van der Waals surface area contributed by atoms with Gasteiger partial charge in [0, 0.05) is 6.66 Å². The lowest BCUT2D eigenvalue weighted by molar-refractivity contribution is -0.150. The molecule has 0 saturated carbocycles. The summed E-state index contributed by atoms with van der Waals surface area (Å²) in [5.41, 5.74) is 4.49. The Balaban J connectivity index is 1.76. The lowest BCUT2D eigenvalue weighted by atomic mass is 9.96. The lowest BCUT2D eigenvalue weighted by Crippen LogP contribution is -2.44. The third kappa shape index (κ3) is 6.57. The number of aliphatic hydroxyl groups is 2. The summed E-state index contributed by atoms with van der Waals surface area (Å²) in [6.07, 6.45) is -2.22. The molecule has 2 unspecified atom stereocenters. The van der Waals surface area contributed by atoms with Crippen LogP contribution in [0.1, 0.15) is 47.3 Å². The molecule has 3 heterocycles. The number of nitrogens with zero attached hydrogens (tertiary/aromatic N) is 4. The third-order valence-electron chi connectivity index (χ3n) is 5.83. The number of hydrogen-bond donors (Lipinski definition) is 4. The molecule has 37 heavy (non-hydrogen) atoms. The molecule has 2 aromatic heterocycles. The average Bonchev–Trinajstić information content (AvgIpc) is 3.28. The van der Waals surface area contributed by atoms with Crippen molar-refractivity contribution in [2.45, 2.75) is 77.2 Å². The quantitative estimate of drug-likeness (QED) is 0.233. The normalized spacial score (nSPS) is 26.5. The molecule has 0 amide bonds. The van der Waals surface area contributed by atoms with Crippen LogP contribution in [-0.4, -0.2) is 86.0 Å². The topological polar surface area (TPSA) is 193 Å². The van der Waals surface area contributed by atoms with Gasteiger partial charge >= 0.3 is 5.97 Å². The van der Waals surface area contributed by atoms with E-state index >= 15 is 0 Å². The van der Waals surface area contributed by atoms with Crippen LogP contribution in [0, 0.1) is 5.92 Å². The van der Waals surface area contributed by atoms with Crippen molar-refractivity contribution >= 4 is 30.6 Å². The van der Waals surface area contributed by atoms with Gasteiger partial charge in [-0.15, -0.1) is 0 Å². The number of rotatable bonds is 11. The number of nitrogen functional groups attached to an aromatic ring is 1. The smallest absolute Gasteiger partial charge is 0.323 e. The summed E-state index contributed by atoms with van der Waals surface area (Å²) >= 11 is 0. The summed E-state index contributed by atoms with van der Waals surface area (Å²) in [6.45, 7) is 9.70. The van der Waals surface area contributed by atoms with Crippen LogP contribution in [0.4, 0.5) is 5.95 Å². The number of esters is 1. The number of aliphatic hydroxyl groups excluding tert-OH is 1. The summed E-state index contributed by atoms with van der Waals surface area (Å²) in [5, 5.41) is 24.7. The van der Waals surface area contributed by atoms with E-state index in [0.29, 0.717) is 6.42 Å². The predicted molar refractivity (Wildman–Crippen MR) is 134 cm³/mol. The van der Waals surface area contributed by atoms with E-state index in [-0.39, 0.29) is 41.6 Å². The van der Waals surface area contributed by atoms with E-state index in [1.54, 1.807) is 13.8 Å². The Hall–Kier alpha value is -2.35. The largest absolute Gasteiger partial charge is 0.479 e. The molecule has 1 aliphatic rings. The van der Waals surface area contributed by atoms with Gasteiger partial charge in [-0.25, -0.2) is 10.1 Å². The van der Waals surface area contributed by atoms with Gasteiger partial charge in [0.1, 0.15) is 23.9 Å². The number of carbonyl (C=O) groups excluding carboxylic acids is 1. The van der Waals surface area contributed by atoms with Crippen molar-refractivity contribution in [3.05, 3.63) is 6.33 Å². The number of aromatic nitrogens is 4. The second-order valence-corrected chi connectivity index (χ2v) is 12.3. The van der Waals surface area contributed by atoms with Gasteiger partial charge in [0.15, 0.2) is 17.4 Å². The zero-order valence-corrected chi connectivity index (χ0v) is 23.0. The van der Waals surface area contributed by atoms with Crippen LogP contribution in [0.3, 0.4) is 0 Å². The minimum absolute atomic E-state index is 0.0749. The number of imidazole rings is 1. The van der Waals surface area contributed by atoms with Crippen molar-refractivity contribution in [2.75, 3.05) is 26.1 Å². The molecule has 5 N–H and O–H groups in total. The van der Waals surface area contributed by atoms with Gasteiger partial charge in [-0.1, -0.05) is 13.8 Å². The third-order valence-corrected chi connectivity index (χ3v) is 7.25. The molecule has 1 fully saturated rings. The van der Waals surface area contributed by atoms with Gasteiger partial charge < -0.3 is 34.7 Å². The molecule has 0 radical (unpaired) electrons. The van der Waals surface area contributed by atoms with Gasteiger partial charge in [-0.2, -0.15) is 9.97 Å². The molecule has 0 aromatic carbocycles. The maximum atomic E-state index is 13.2. The highest BCUT2D eigenvalue weighted by molar-refractivity contribution is 7.56. The van der Waals surface area contributed by atoms with Gasteiger partial charge in [-0.05, 0) is 33.1 Å². The number of fused-ring (bicyclic) bond motifs is 1. The summed E-state index contributed by atoms with van der Waals surface area (Å²) in [6, 6.07) is -0.846. The first-order valence-corrected chi connectivity index (χ1v) is 14.0. The molecule has 15 heteroatoms. The standard InChI is InChI=1S/C22H37N6O8P/c1-11(2)8-13(19(30)35-12(3)4)27-37(7,32)34-9-14-16(29)22(5,31)20(36-14)28-10-24-15-17(28)25-21(23)26-18(15)33-6/h10-14,16,20,29,31H,8-9H2,1-7H3,(H,27,32)(H2,23,25,26)/t13-,14-,16?,20-,22+,37?/m1/s1. The van der Waals surface area contributed by atoms with E-state index in [1.165, 1.54) is 31.6 Å². The fourth-order valence-corrected chi connectivity index (χ4v) is 5.40. The molecule has 6 atom stereocenters. The predicted octanol–water partition coefficient (Wildman–Crippen LogP) is 1.22. The average molecular weight is 545 g/mol. The highest BCUT2D eigenvalue weighted by Crippen LogP contribution is 2.44. The van der Waals surface area contributed by atoms with Crippen molar-refractivity contribution in [3.63, 3.8) is 0 Å². The zero-order valence-electron chi connectivity index (χ0n) is 22.1. The van der Waals surface area contributed by atoms with Crippen LogP contribution in [-0.2, 0) is 23.4 Å². The number of nitrogens with two attached hydrogens (primary N) is 1. The van der Waals surface area contributed by atoms with Gasteiger partial charge in [0.25, 0.3) is 7.52 Å². The highest BCUT2D eigenvalue weighted by Gasteiger charge is 2.54. The van der Waals surface area contributed by atoms with Crippen LogP contribution in [0.2, 0.25) is 0 Å². The number of nitrogens with one attached hydrogen (secondary N) is 1. The number of ether oxygens (including phenoxy) is 3. The number of anilines is 1. The Morgan fingerprint density at radius 2 is 2.03 bits per heavy atom. The first-order valence-electron chi connectivity index (χ1n) is 12.0. The minimum atomic E-state index is -3.56. The summed E-state index contributed by atoms with van der Waals surface area (Å²) < 4.78 is 36.6. The molecule has 3 rings (SSSR count). The van der Waals surface area contributed by atoms with Gasteiger partial charge in [0.05, 0.1) is 26.1 Å². The molecule has 14 nitrogen and oxygen atoms in total. The molecular formula is C22H37N6O8P. The number of carbonyl (C=O) groups is 1. The molecule has 1 aliphatic heterocycles. The van der Waals surface area contributed by atoms with Gasteiger partial charge in [0.2, 0.25) is 11.8 Å². The van der Waals surface area contributed by atoms with Gasteiger partial charge in [-0.3, -0.25) is 13.9 Å². The van der Waals surface area contributed by atoms with E-state index in [1.807, 2.05) is 13.8 Å². The van der Waals surface area contributed by atoms with E-state index < -0.39 is 43.6 Å². The van der Waals surface area contributed by atoms with Crippen molar-refractivity contribution < 1.29 is 38.3 Å². The Bertz CT molecular complexity index is 1160. The Labute approximate surface area is 215 Å². The van der Waals surface area contributed by atoms with Crippen molar-refractivity contribution in [2.24, 2.45) is 5.92 Å². The van der Waals surface area contributed by atoms with E-state index in [4.69, 9.17) is 24.5 Å². The lowest BCUT2D eigenvalue weighted by Gasteiger charge is -2.27. The maximum absolute atomic E-state index is 13.2. The van der Waals surface area contributed by atoms with E-state index in [2.05, 4.69) is 20.0 Å². The first kappa shape index (κ1) is 29.2. The van der Waals surface area contributed by atoms with Crippen LogP contribution in [0.25, 0.3) is 11.2 Å². The molecule has 2 aromatic rings. The molecule has 0 spiro atoms. The van der Waals surface area contributed by atoms with Crippen molar-refractivity contribution in [1.29, 1.82) is 0 Å². The maximum Gasteiger partial charge on any atom is 0.323 e. The first-order chi connectivity index (χ1) is 17.2. The monoisotopic (exact) mass is 544 g/mol. The summed E-state index contributed by atoms with van der Waals surface area (Å²) in [4.78, 5) is 24.9. The Kier molecular flexibility index (Phi) is 8.82. The molecule has 0 aliphatic carbocycles. The van der Waals surface area contributed by atoms with Crippen molar-refractivity contribution in [3.8, 4) is 5.88 Å². The SMILES string of the molecule is COc1nc(N)nc2c1ncn2[C@@H]1O[C@H](COP(C)(=O)N[C@H](CC(C)C)C(=O)OC(C)C)C(O)[C@]1(C)O. The second kappa shape index (κ2) is 11.2. The fraction of sp³-hybridized carbons (Fsp3) is 0.727. The Morgan fingerprint density at radius 1 is 1.35 bits per heavy atom. The number of methoxy groups -OCH3 is 1. The Morgan fingerprint density at radius 3 is 2.62 bits per heavy atom. The van der Waals surface area contributed by atoms with E-state index in [9.17, 15) is 19.6 Å².